The van der Waals surface area contributed by atoms with Gasteiger partial charge < -0.3 is 14.6 Å². The molecule has 0 aliphatic carbocycles. The van der Waals surface area contributed by atoms with Crippen molar-refractivity contribution in [3.05, 3.63) is 35.9 Å². The zero-order valence-electron chi connectivity index (χ0n) is 7.93. The Labute approximate surface area is 83.3 Å². The van der Waals surface area contributed by atoms with E-state index in [-0.39, 0.29) is 18.8 Å². The normalized spacial score (nSPS) is 27.5. The van der Waals surface area contributed by atoms with E-state index in [1.54, 1.807) is 0 Å². The second kappa shape index (κ2) is 4.55. The Morgan fingerprint density at radius 3 is 2.50 bits per heavy atom. The number of aliphatic hydroxyl groups excluding tert-OH is 1. The second-order valence-electron chi connectivity index (χ2n) is 3.37. The molecule has 1 aliphatic heterocycles. The second-order valence-corrected chi connectivity index (χ2v) is 3.37. The Morgan fingerprint density at radius 1 is 1.14 bits per heavy atom. The predicted octanol–water partition coefficient (Wildman–Crippen LogP) is 1.14. The number of benzene rings is 1. The first kappa shape index (κ1) is 9.65. The number of hydrogen-bond donors (Lipinski definition) is 1. The van der Waals surface area contributed by atoms with Crippen molar-refractivity contribution in [1.82, 2.24) is 0 Å². The van der Waals surface area contributed by atoms with Crippen molar-refractivity contribution in [2.45, 2.75) is 12.2 Å². The summed E-state index contributed by atoms with van der Waals surface area (Å²) in [4.78, 5) is 0. The lowest BCUT2D eigenvalue weighted by Crippen LogP contribution is -2.33. The molecule has 0 radical (unpaired) electrons. The summed E-state index contributed by atoms with van der Waals surface area (Å²) in [5.41, 5.74) is 1.13. The van der Waals surface area contributed by atoms with Gasteiger partial charge in [-0.05, 0) is 5.56 Å². The highest BCUT2D eigenvalue weighted by atomic mass is 16.6. The van der Waals surface area contributed by atoms with Crippen molar-refractivity contribution in [2.75, 3.05) is 19.8 Å². The quantitative estimate of drug-likeness (QED) is 0.767. The van der Waals surface area contributed by atoms with Crippen molar-refractivity contribution in [3.63, 3.8) is 0 Å². The van der Waals surface area contributed by atoms with Crippen LogP contribution in [-0.2, 0) is 9.47 Å². The molecule has 0 bridgehead atoms. The third kappa shape index (κ3) is 2.12. The van der Waals surface area contributed by atoms with Gasteiger partial charge in [0.1, 0.15) is 12.2 Å². The van der Waals surface area contributed by atoms with Crippen molar-refractivity contribution in [2.24, 2.45) is 0 Å². The summed E-state index contributed by atoms with van der Waals surface area (Å²) in [7, 11) is 0. The van der Waals surface area contributed by atoms with E-state index < -0.39 is 0 Å². The van der Waals surface area contributed by atoms with Gasteiger partial charge in [0.2, 0.25) is 0 Å². The van der Waals surface area contributed by atoms with E-state index in [2.05, 4.69) is 0 Å². The van der Waals surface area contributed by atoms with Crippen LogP contribution < -0.4 is 0 Å². The van der Waals surface area contributed by atoms with Crippen LogP contribution in [0, 0.1) is 0 Å². The minimum absolute atomic E-state index is 0.0130. The van der Waals surface area contributed by atoms with Crippen molar-refractivity contribution in [1.29, 1.82) is 0 Å². The molecule has 1 N–H and O–H groups in total. The molecular formula is C11H14O3. The number of aliphatic hydroxyl groups is 1. The maximum Gasteiger partial charge on any atom is 0.106 e. The summed E-state index contributed by atoms with van der Waals surface area (Å²) in [6, 6.07) is 9.98. The summed E-state index contributed by atoms with van der Waals surface area (Å²) in [6.07, 6.45) is -0.144. The summed E-state index contributed by atoms with van der Waals surface area (Å²) in [5.74, 6) is 0. The van der Waals surface area contributed by atoms with Gasteiger partial charge in [0.15, 0.2) is 0 Å². The Morgan fingerprint density at radius 2 is 1.93 bits per heavy atom. The molecule has 2 rings (SSSR count). The molecule has 0 amide bonds. The molecule has 0 unspecified atom stereocenters. The van der Waals surface area contributed by atoms with Gasteiger partial charge in [-0.15, -0.1) is 0 Å². The van der Waals surface area contributed by atoms with Crippen LogP contribution in [0.5, 0.6) is 0 Å². The smallest absolute Gasteiger partial charge is 0.106 e. The van der Waals surface area contributed by atoms with Gasteiger partial charge in [-0.1, -0.05) is 30.3 Å². The molecule has 1 aliphatic rings. The fourth-order valence-electron chi connectivity index (χ4n) is 1.51. The molecule has 1 fully saturated rings. The lowest BCUT2D eigenvalue weighted by Gasteiger charge is -2.28. The maximum atomic E-state index is 8.84. The fourth-order valence-corrected chi connectivity index (χ4v) is 1.51. The lowest BCUT2D eigenvalue weighted by atomic mass is 10.1. The van der Waals surface area contributed by atoms with E-state index in [9.17, 15) is 0 Å². The minimum atomic E-state index is -0.157. The van der Waals surface area contributed by atoms with Gasteiger partial charge >= 0.3 is 0 Å². The van der Waals surface area contributed by atoms with Gasteiger partial charge in [0.05, 0.1) is 19.8 Å². The fraction of sp³-hybridized carbons (Fsp3) is 0.455. The van der Waals surface area contributed by atoms with Crippen LogP contribution >= 0.6 is 0 Å². The first-order valence-corrected chi connectivity index (χ1v) is 4.79. The van der Waals surface area contributed by atoms with Crippen LogP contribution in [0.2, 0.25) is 0 Å². The standard InChI is InChI=1S/C11H14O3/c12-6-10-7-14-11(8-13-10)9-4-2-1-3-5-9/h1-5,10-12H,6-8H2/t10-,11+/m1/s1. The van der Waals surface area contributed by atoms with Crippen LogP contribution in [0.15, 0.2) is 30.3 Å². The lowest BCUT2D eigenvalue weighted by molar-refractivity contribution is -0.147. The Kier molecular flexibility index (Phi) is 3.14. The SMILES string of the molecule is OC[C@@H]1CO[C@H](c2ccccc2)CO1. The van der Waals surface area contributed by atoms with Crippen LogP contribution in [0.25, 0.3) is 0 Å². The molecular weight excluding hydrogens is 180 g/mol. The van der Waals surface area contributed by atoms with Crippen molar-refractivity contribution < 1.29 is 14.6 Å². The molecule has 3 nitrogen and oxygen atoms in total. The highest BCUT2D eigenvalue weighted by Crippen LogP contribution is 2.22. The third-order valence-electron chi connectivity index (χ3n) is 2.34. The molecule has 0 spiro atoms. The first-order chi connectivity index (χ1) is 6.90. The van der Waals surface area contributed by atoms with Gasteiger partial charge in [0, 0.05) is 0 Å². The Balaban J connectivity index is 1.96. The third-order valence-corrected chi connectivity index (χ3v) is 2.34. The molecule has 76 valence electrons. The van der Waals surface area contributed by atoms with Crippen molar-refractivity contribution >= 4 is 0 Å². The number of rotatable bonds is 2. The molecule has 1 aromatic rings. The number of ether oxygens (including phenoxy) is 2. The largest absolute Gasteiger partial charge is 0.394 e. The average molecular weight is 194 g/mol. The molecule has 0 saturated carbocycles. The first-order valence-electron chi connectivity index (χ1n) is 4.79. The zero-order chi connectivity index (χ0) is 9.80. The molecule has 1 saturated heterocycles. The van der Waals surface area contributed by atoms with E-state index in [0.717, 1.165) is 5.56 Å². The van der Waals surface area contributed by atoms with E-state index in [1.807, 2.05) is 30.3 Å². The topological polar surface area (TPSA) is 38.7 Å². The molecule has 1 heterocycles. The Bertz CT molecular complexity index is 265. The van der Waals surface area contributed by atoms with Gasteiger partial charge in [-0.25, -0.2) is 0 Å². The maximum absolute atomic E-state index is 8.84. The molecule has 14 heavy (non-hydrogen) atoms. The monoisotopic (exact) mass is 194 g/mol. The van der Waals surface area contributed by atoms with E-state index in [1.165, 1.54) is 0 Å². The summed E-state index contributed by atoms with van der Waals surface area (Å²) < 4.78 is 11.0. The molecule has 0 aromatic heterocycles. The summed E-state index contributed by atoms with van der Waals surface area (Å²) >= 11 is 0. The highest BCUT2D eigenvalue weighted by Gasteiger charge is 2.22. The van der Waals surface area contributed by atoms with Crippen LogP contribution in [-0.4, -0.2) is 31.0 Å². The molecule has 3 heteroatoms. The van der Waals surface area contributed by atoms with E-state index in [0.29, 0.717) is 13.2 Å². The number of hydrogen-bond acceptors (Lipinski definition) is 3. The van der Waals surface area contributed by atoms with Crippen LogP contribution in [0.1, 0.15) is 11.7 Å². The van der Waals surface area contributed by atoms with Crippen LogP contribution in [0.3, 0.4) is 0 Å². The molecule has 1 aromatic carbocycles. The average Bonchev–Trinajstić information content (AvgIpc) is 2.30. The summed E-state index contributed by atoms with van der Waals surface area (Å²) in [6.45, 7) is 1.02. The van der Waals surface area contributed by atoms with E-state index in [4.69, 9.17) is 14.6 Å². The molecule has 2 atom stereocenters. The summed E-state index contributed by atoms with van der Waals surface area (Å²) in [5, 5.41) is 8.84. The van der Waals surface area contributed by atoms with Gasteiger partial charge in [-0.3, -0.25) is 0 Å². The van der Waals surface area contributed by atoms with Crippen LogP contribution in [0.4, 0.5) is 0 Å². The van der Waals surface area contributed by atoms with Gasteiger partial charge in [0.25, 0.3) is 0 Å². The minimum Gasteiger partial charge on any atom is -0.394 e. The highest BCUT2D eigenvalue weighted by molar-refractivity contribution is 5.17. The van der Waals surface area contributed by atoms with Crippen molar-refractivity contribution in [3.8, 4) is 0 Å². The Hall–Kier alpha value is -0.900. The predicted molar refractivity (Wildman–Crippen MR) is 52.0 cm³/mol. The zero-order valence-corrected chi connectivity index (χ0v) is 7.93. The van der Waals surface area contributed by atoms with Gasteiger partial charge in [-0.2, -0.15) is 0 Å². The van der Waals surface area contributed by atoms with E-state index >= 15 is 0 Å².